The lowest BCUT2D eigenvalue weighted by atomic mass is 10.2. The molecule has 0 spiro atoms. The number of rotatable bonds is 2. The van der Waals surface area contributed by atoms with Gasteiger partial charge < -0.3 is 4.74 Å². The third-order valence-corrected chi connectivity index (χ3v) is 2.36. The van der Waals surface area contributed by atoms with Crippen LogP contribution in [0.5, 0.6) is 0 Å². The average molecular weight is 203 g/mol. The van der Waals surface area contributed by atoms with E-state index in [1.54, 1.807) is 4.90 Å². The maximum Gasteiger partial charge on any atom is 0.415 e. The molecule has 0 radical (unpaired) electrons. The second-order valence-corrected chi connectivity index (χ2v) is 3.46. The highest BCUT2D eigenvalue weighted by atomic mass is 16.6. The molecule has 1 fully saturated rings. The Balaban J connectivity index is 2.05. The van der Waals surface area contributed by atoms with E-state index in [0.29, 0.717) is 13.1 Å². The van der Waals surface area contributed by atoms with E-state index in [9.17, 15) is 4.79 Å². The Hall–Kier alpha value is -1.77. The molecule has 0 atom stereocenters. The Bertz CT molecular complexity index is 384. The Kier molecular flexibility index (Phi) is 2.72. The van der Waals surface area contributed by atoms with Crippen molar-refractivity contribution in [2.24, 2.45) is 0 Å². The molecule has 1 heterocycles. The summed E-state index contributed by atoms with van der Waals surface area (Å²) in [6, 6.07) is 9.89. The summed E-state index contributed by atoms with van der Waals surface area (Å²) in [4.78, 5) is 13.1. The Labute approximate surface area is 89.0 Å². The molecule has 1 aliphatic heterocycles. The zero-order chi connectivity index (χ0) is 10.7. The van der Waals surface area contributed by atoms with Crippen molar-refractivity contribution in [3.05, 3.63) is 47.7 Å². The van der Waals surface area contributed by atoms with Crippen LogP contribution in [0.1, 0.15) is 12.5 Å². The van der Waals surface area contributed by atoms with Crippen LogP contribution < -0.4 is 0 Å². The van der Waals surface area contributed by atoms with E-state index in [1.165, 1.54) is 0 Å². The van der Waals surface area contributed by atoms with Gasteiger partial charge in [0.15, 0.2) is 0 Å². The van der Waals surface area contributed by atoms with Crippen molar-refractivity contribution in [1.82, 2.24) is 4.90 Å². The first-order chi connectivity index (χ1) is 7.29. The monoisotopic (exact) mass is 203 g/mol. The van der Waals surface area contributed by atoms with Crippen molar-refractivity contribution in [2.45, 2.75) is 13.5 Å². The first kappa shape index (κ1) is 9.77. The minimum absolute atomic E-state index is 0.257. The molecule has 0 bridgehead atoms. The highest BCUT2D eigenvalue weighted by Crippen LogP contribution is 2.17. The molecule has 0 saturated carbocycles. The van der Waals surface area contributed by atoms with Gasteiger partial charge in [0.25, 0.3) is 0 Å². The van der Waals surface area contributed by atoms with Crippen molar-refractivity contribution < 1.29 is 9.53 Å². The van der Waals surface area contributed by atoms with Crippen molar-refractivity contribution in [3.63, 3.8) is 0 Å². The molecule has 3 nitrogen and oxygen atoms in total. The minimum atomic E-state index is -0.257. The smallest absolute Gasteiger partial charge is 0.413 e. The quantitative estimate of drug-likeness (QED) is 0.739. The van der Waals surface area contributed by atoms with Crippen LogP contribution in [0.4, 0.5) is 4.79 Å². The number of carbonyl (C=O) groups excluding carboxylic acids is 1. The number of amides is 1. The van der Waals surface area contributed by atoms with Gasteiger partial charge >= 0.3 is 6.09 Å². The first-order valence-corrected chi connectivity index (χ1v) is 4.95. The van der Waals surface area contributed by atoms with Crippen LogP contribution >= 0.6 is 0 Å². The van der Waals surface area contributed by atoms with Gasteiger partial charge in [0, 0.05) is 6.54 Å². The molecular weight excluding hydrogens is 190 g/mol. The van der Waals surface area contributed by atoms with Crippen molar-refractivity contribution in [3.8, 4) is 0 Å². The van der Waals surface area contributed by atoms with Gasteiger partial charge in [-0.1, -0.05) is 30.3 Å². The summed E-state index contributed by atoms with van der Waals surface area (Å²) in [5.74, 6) is 0.732. The second-order valence-electron chi connectivity index (χ2n) is 3.46. The van der Waals surface area contributed by atoms with Crippen LogP contribution in [0.25, 0.3) is 0 Å². The number of nitrogens with zero attached hydrogens (tertiary/aromatic N) is 1. The van der Waals surface area contributed by atoms with Crippen molar-refractivity contribution in [2.75, 3.05) is 6.54 Å². The number of ether oxygens (including phenoxy) is 1. The van der Waals surface area contributed by atoms with Gasteiger partial charge in [-0.3, -0.25) is 4.90 Å². The summed E-state index contributed by atoms with van der Waals surface area (Å²) in [6.07, 6.45) is 1.56. The number of carbonyl (C=O) groups is 1. The maximum absolute atomic E-state index is 11.4. The first-order valence-electron chi connectivity index (χ1n) is 4.95. The largest absolute Gasteiger partial charge is 0.415 e. The summed E-state index contributed by atoms with van der Waals surface area (Å²) in [5, 5.41) is 0. The number of allylic oxidation sites excluding steroid dienone is 1. The molecule has 1 aromatic rings. The van der Waals surface area contributed by atoms with Gasteiger partial charge in [-0.2, -0.15) is 0 Å². The normalized spacial score (nSPS) is 18.3. The van der Waals surface area contributed by atoms with E-state index in [2.05, 4.69) is 0 Å². The zero-order valence-electron chi connectivity index (χ0n) is 8.64. The molecule has 78 valence electrons. The molecule has 1 aromatic carbocycles. The van der Waals surface area contributed by atoms with Gasteiger partial charge in [0.1, 0.15) is 5.76 Å². The molecule has 0 aliphatic carbocycles. The fraction of sp³-hybridized carbons (Fsp3) is 0.250. The number of benzene rings is 1. The topological polar surface area (TPSA) is 29.5 Å². The standard InChI is InChI=1S/C12H13NO2/c1-2-11-9-13(12(14)15-11)8-10-6-4-3-5-7-10/h2-7H,8-9H2,1H3/b11-2-. The second kappa shape index (κ2) is 4.17. The Morgan fingerprint density at radius 2 is 2.13 bits per heavy atom. The van der Waals surface area contributed by atoms with E-state index in [4.69, 9.17) is 4.74 Å². The molecule has 0 N–H and O–H groups in total. The van der Waals surface area contributed by atoms with E-state index in [-0.39, 0.29) is 6.09 Å². The Morgan fingerprint density at radius 3 is 2.73 bits per heavy atom. The third kappa shape index (κ3) is 2.18. The van der Waals surface area contributed by atoms with Crippen molar-refractivity contribution >= 4 is 6.09 Å². The summed E-state index contributed by atoms with van der Waals surface area (Å²) >= 11 is 0. The number of hydrogen-bond acceptors (Lipinski definition) is 2. The lowest BCUT2D eigenvalue weighted by Gasteiger charge is -2.11. The van der Waals surface area contributed by atoms with Gasteiger partial charge in [0.05, 0.1) is 6.54 Å². The van der Waals surface area contributed by atoms with Crippen LogP contribution in [-0.4, -0.2) is 17.5 Å². The summed E-state index contributed by atoms with van der Waals surface area (Å²) in [5.41, 5.74) is 1.12. The predicted octanol–water partition coefficient (Wildman–Crippen LogP) is 2.54. The fourth-order valence-corrected chi connectivity index (χ4v) is 1.54. The minimum Gasteiger partial charge on any atom is -0.413 e. The molecular formula is C12H13NO2. The SMILES string of the molecule is C/C=C1/CN(Cc2ccccc2)C(=O)O1. The zero-order valence-corrected chi connectivity index (χ0v) is 8.64. The molecule has 1 amide bonds. The van der Waals surface area contributed by atoms with E-state index >= 15 is 0 Å². The van der Waals surface area contributed by atoms with E-state index in [1.807, 2.05) is 43.3 Å². The number of cyclic esters (lactones) is 1. The summed E-state index contributed by atoms with van der Waals surface area (Å²) in [6.45, 7) is 3.05. The molecule has 15 heavy (non-hydrogen) atoms. The highest BCUT2D eigenvalue weighted by molar-refractivity contribution is 5.72. The van der Waals surface area contributed by atoms with Gasteiger partial charge in [-0.15, -0.1) is 0 Å². The molecule has 0 aromatic heterocycles. The molecule has 3 heteroatoms. The van der Waals surface area contributed by atoms with E-state index < -0.39 is 0 Å². The maximum atomic E-state index is 11.4. The van der Waals surface area contributed by atoms with Crippen LogP contribution in [0.15, 0.2) is 42.2 Å². The molecule has 1 aliphatic rings. The molecule has 2 rings (SSSR count). The van der Waals surface area contributed by atoms with Gasteiger partial charge in [-0.25, -0.2) is 4.79 Å². The lowest BCUT2D eigenvalue weighted by Crippen LogP contribution is -2.23. The van der Waals surface area contributed by atoms with Gasteiger partial charge in [0.2, 0.25) is 0 Å². The third-order valence-electron chi connectivity index (χ3n) is 2.36. The fourth-order valence-electron chi connectivity index (χ4n) is 1.54. The van der Waals surface area contributed by atoms with Crippen molar-refractivity contribution in [1.29, 1.82) is 0 Å². The van der Waals surface area contributed by atoms with Gasteiger partial charge in [-0.05, 0) is 18.6 Å². The average Bonchev–Trinajstić information content (AvgIpc) is 2.61. The Morgan fingerprint density at radius 1 is 1.40 bits per heavy atom. The van der Waals surface area contributed by atoms with Crippen LogP contribution in [0.3, 0.4) is 0 Å². The lowest BCUT2D eigenvalue weighted by molar-refractivity contribution is 0.167. The molecule has 1 saturated heterocycles. The summed E-state index contributed by atoms with van der Waals surface area (Å²) < 4.78 is 5.04. The van der Waals surface area contributed by atoms with Crippen LogP contribution in [0.2, 0.25) is 0 Å². The molecule has 0 unspecified atom stereocenters. The van der Waals surface area contributed by atoms with Crippen LogP contribution in [-0.2, 0) is 11.3 Å². The summed E-state index contributed by atoms with van der Waals surface area (Å²) in [7, 11) is 0. The van der Waals surface area contributed by atoms with Crippen LogP contribution in [0, 0.1) is 0 Å². The van der Waals surface area contributed by atoms with E-state index in [0.717, 1.165) is 11.3 Å². The predicted molar refractivity (Wildman–Crippen MR) is 57.1 cm³/mol. The highest BCUT2D eigenvalue weighted by Gasteiger charge is 2.25. The number of hydrogen-bond donors (Lipinski definition) is 0.